The SMILES string of the molecule is C=CC1CC1(C#N)C1(O)C=CCC1. The van der Waals surface area contributed by atoms with E-state index in [0.717, 1.165) is 12.8 Å². The first-order valence-electron chi connectivity index (χ1n) is 4.62. The van der Waals surface area contributed by atoms with Gasteiger partial charge in [-0.2, -0.15) is 5.26 Å². The minimum atomic E-state index is -0.888. The number of hydrogen-bond acceptors (Lipinski definition) is 2. The fourth-order valence-corrected chi connectivity index (χ4v) is 2.33. The van der Waals surface area contributed by atoms with E-state index in [0.29, 0.717) is 6.42 Å². The predicted octanol–water partition coefficient (Wildman–Crippen LogP) is 1.78. The van der Waals surface area contributed by atoms with Crippen LogP contribution in [0.4, 0.5) is 0 Å². The minimum absolute atomic E-state index is 0.172. The lowest BCUT2D eigenvalue weighted by atomic mass is 9.83. The number of allylic oxidation sites excluding steroid dienone is 2. The van der Waals surface area contributed by atoms with Crippen molar-refractivity contribution in [3.05, 3.63) is 24.8 Å². The Hall–Kier alpha value is -1.07. The second-order valence-electron chi connectivity index (χ2n) is 3.99. The Kier molecular flexibility index (Phi) is 1.61. The van der Waals surface area contributed by atoms with Gasteiger partial charge in [0, 0.05) is 0 Å². The van der Waals surface area contributed by atoms with Gasteiger partial charge in [-0.1, -0.05) is 18.2 Å². The highest BCUT2D eigenvalue weighted by Crippen LogP contribution is 2.62. The number of nitrogens with zero attached hydrogens (tertiary/aromatic N) is 1. The van der Waals surface area contributed by atoms with E-state index in [2.05, 4.69) is 12.6 Å². The van der Waals surface area contributed by atoms with Gasteiger partial charge in [0.2, 0.25) is 0 Å². The summed E-state index contributed by atoms with van der Waals surface area (Å²) in [6.07, 6.45) is 7.85. The summed E-state index contributed by atoms with van der Waals surface area (Å²) in [7, 11) is 0. The normalized spacial score (nSPS) is 47.2. The molecule has 68 valence electrons. The van der Waals surface area contributed by atoms with Gasteiger partial charge in [-0.05, 0) is 25.2 Å². The molecule has 2 rings (SSSR count). The van der Waals surface area contributed by atoms with Crippen molar-refractivity contribution in [2.75, 3.05) is 0 Å². The summed E-state index contributed by atoms with van der Waals surface area (Å²) >= 11 is 0. The van der Waals surface area contributed by atoms with Crippen molar-refractivity contribution < 1.29 is 5.11 Å². The van der Waals surface area contributed by atoms with Crippen LogP contribution in [0, 0.1) is 22.7 Å². The molecule has 1 N–H and O–H groups in total. The van der Waals surface area contributed by atoms with E-state index in [9.17, 15) is 5.11 Å². The largest absolute Gasteiger partial charge is 0.384 e. The molecule has 0 aromatic rings. The lowest BCUT2D eigenvalue weighted by Crippen LogP contribution is -2.35. The summed E-state index contributed by atoms with van der Waals surface area (Å²) in [5.74, 6) is 0.172. The van der Waals surface area contributed by atoms with Crippen LogP contribution in [0.25, 0.3) is 0 Å². The Labute approximate surface area is 78.2 Å². The van der Waals surface area contributed by atoms with Gasteiger partial charge in [0.15, 0.2) is 0 Å². The van der Waals surface area contributed by atoms with E-state index in [1.807, 2.05) is 6.08 Å². The monoisotopic (exact) mass is 175 g/mol. The van der Waals surface area contributed by atoms with Crippen molar-refractivity contribution in [1.29, 1.82) is 5.26 Å². The molecule has 0 bridgehead atoms. The Morgan fingerprint density at radius 2 is 2.46 bits per heavy atom. The van der Waals surface area contributed by atoms with Crippen molar-refractivity contribution in [2.24, 2.45) is 11.3 Å². The molecule has 0 radical (unpaired) electrons. The third kappa shape index (κ3) is 0.911. The fourth-order valence-electron chi connectivity index (χ4n) is 2.33. The number of aliphatic hydroxyl groups is 1. The van der Waals surface area contributed by atoms with Crippen molar-refractivity contribution in [3.8, 4) is 6.07 Å². The molecule has 0 spiro atoms. The third-order valence-electron chi connectivity index (χ3n) is 3.36. The lowest BCUT2D eigenvalue weighted by Gasteiger charge is -2.26. The molecular formula is C11H13NO. The van der Waals surface area contributed by atoms with Gasteiger partial charge in [0.25, 0.3) is 0 Å². The molecule has 1 fully saturated rings. The molecular weight excluding hydrogens is 162 g/mol. The van der Waals surface area contributed by atoms with Gasteiger partial charge >= 0.3 is 0 Å². The van der Waals surface area contributed by atoms with Gasteiger partial charge in [0.1, 0.15) is 5.60 Å². The zero-order valence-corrected chi connectivity index (χ0v) is 7.53. The maximum atomic E-state index is 10.2. The molecule has 2 aliphatic carbocycles. The highest BCUT2D eigenvalue weighted by atomic mass is 16.3. The Morgan fingerprint density at radius 1 is 1.69 bits per heavy atom. The van der Waals surface area contributed by atoms with Crippen molar-refractivity contribution >= 4 is 0 Å². The fraction of sp³-hybridized carbons (Fsp3) is 0.545. The first kappa shape index (κ1) is 8.52. The van der Waals surface area contributed by atoms with Crippen LogP contribution >= 0.6 is 0 Å². The predicted molar refractivity (Wildman–Crippen MR) is 49.7 cm³/mol. The van der Waals surface area contributed by atoms with Crippen LogP contribution in [0.3, 0.4) is 0 Å². The van der Waals surface area contributed by atoms with Crippen molar-refractivity contribution in [3.63, 3.8) is 0 Å². The van der Waals surface area contributed by atoms with Crippen LogP contribution in [0.2, 0.25) is 0 Å². The summed E-state index contributed by atoms with van der Waals surface area (Å²) < 4.78 is 0. The summed E-state index contributed by atoms with van der Waals surface area (Å²) in [6.45, 7) is 3.68. The summed E-state index contributed by atoms with van der Waals surface area (Å²) in [5.41, 5.74) is -1.46. The maximum Gasteiger partial charge on any atom is 0.102 e. The van der Waals surface area contributed by atoms with Crippen LogP contribution in [0.15, 0.2) is 24.8 Å². The summed E-state index contributed by atoms with van der Waals surface area (Å²) in [6, 6.07) is 2.26. The highest BCUT2D eigenvalue weighted by Gasteiger charge is 2.65. The molecule has 0 heterocycles. The zero-order valence-electron chi connectivity index (χ0n) is 7.53. The molecule has 2 heteroatoms. The topological polar surface area (TPSA) is 44.0 Å². The Bertz CT molecular complexity index is 315. The van der Waals surface area contributed by atoms with E-state index in [-0.39, 0.29) is 5.92 Å². The van der Waals surface area contributed by atoms with E-state index in [4.69, 9.17) is 5.26 Å². The maximum absolute atomic E-state index is 10.2. The van der Waals surface area contributed by atoms with E-state index >= 15 is 0 Å². The molecule has 0 aromatic heterocycles. The molecule has 0 saturated heterocycles. The molecule has 3 unspecified atom stereocenters. The quantitative estimate of drug-likeness (QED) is 0.650. The first-order valence-corrected chi connectivity index (χ1v) is 4.62. The summed E-state index contributed by atoms with van der Waals surface area (Å²) in [4.78, 5) is 0. The average Bonchev–Trinajstić information content (AvgIpc) is 2.75. The number of hydrogen-bond donors (Lipinski definition) is 1. The van der Waals surface area contributed by atoms with Gasteiger partial charge < -0.3 is 5.11 Å². The molecule has 2 nitrogen and oxygen atoms in total. The van der Waals surface area contributed by atoms with Gasteiger partial charge in [-0.25, -0.2) is 0 Å². The van der Waals surface area contributed by atoms with E-state index in [1.54, 1.807) is 12.2 Å². The van der Waals surface area contributed by atoms with Gasteiger partial charge in [-0.15, -0.1) is 6.58 Å². The first-order chi connectivity index (χ1) is 6.18. The average molecular weight is 175 g/mol. The molecule has 0 aliphatic heterocycles. The second-order valence-corrected chi connectivity index (χ2v) is 3.99. The molecule has 2 aliphatic rings. The van der Waals surface area contributed by atoms with Crippen LogP contribution in [0.1, 0.15) is 19.3 Å². The van der Waals surface area contributed by atoms with Crippen LogP contribution < -0.4 is 0 Å². The number of nitriles is 1. The van der Waals surface area contributed by atoms with Crippen molar-refractivity contribution in [2.45, 2.75) is 24.9 Å². The lowest BCUT2D eigenvalue weighted by molar-refractivity contribution is 0.0343. The second kappa shape index (κ2) is 2.46. The van der Waals surface area contributed by atoms with Crippen LogP contribution in [0.5, 0.6) is 0 Å². The van der Waals surface area contributed by atoms with Crippen LogP contribution in [-0.2, 0) is 0 Å². The number of rotatable bonds is 2. The smallest absolute Gasteiger partial charge is 0.102 e. The van der Waals surface area contributed by atoms with Crippen molar-refractivity contribution in [1.82, 2.24) is 0 Å². The molecule has 13 heavy (non-hydrogen) atoms. The molecule has 0 aromatic carbocycles. The highest BCUT2D eigenvalue weighted by molar-refractivity contribution is 5.34. The zero-order chi connectivity index (χ0) is 9.53. The van der Waals surface area contributed by atoms with Gasteiger partial charge in [0.05, 0.1) is 11.5 Å². The minimum Gasteiger partial charge on any atom is -0.384 e. The third-order valence-corrected chi connectivity index (χ3v) is 3.36. The summed E-state index contributed by atoms with van der Waals surface area (Å²) in [5, 5.41) is 19.3. The van der Waals surface area contributed by atoms with Gasteiger partial charge in [-0.3, -0.25) is 0 Å². The standard InChI is InChI=1S/C11H13NO/c1-2-9-7-10(9,8-12)11(13)5-3-4-6-11/h2-3,5,9,13H,1,4,6-7H2. The molecule has 3 atom stereocenters. The van der Waals surface area contributed by atoms with E-state index < -0.39 is 11.0 Å². The van der Waals surface area contributed by atoms with Crippen LogP contribution in [-0.4, -0.2) is 10.7 Å². The molecule has 0 amide bonds. The Balaban J connectivity index is 2.30. The Morgan fingerprint density at radius 3 is 2.85 bits per heavy atom. The van der Waals surface area contributed by atoms with E-state index in [1.165, 1.54) is 0 Å². The molecule has 1 saturated carbocycles.